The van der Waals surface area contributed by atoms with Crippen molar-refractivity contribution in [3.63, 3.8) is 0 Å². The summed E-state index contributed by atoms with van der Waals surface area (Å²) in [4.78, 5) is 56.0. The monoisotopic (exact) mass is 578 g/mol. The van der Waals surface area contributed by atoms with Gasteiger partial charge in [-0.2, -0.15) is 0 Å². The first-order chi connectivity index (χ1) is 20.1. The van der Waals surface area contributed by atoms with Crippen LogP contribution in [0, 0.1) is 11.3 Å². The molecule has 1 unspecified atom stereocenters. The highest BCUT2D eigenvalue weighted by Crippen LogP contribution is 2.26. The maximum atomic E-state index is 13.6. The van der Waals surface area contributed by atoms with Crippen LogP contribution in [0.4, 0.5) is 11.4 Å². The zero-order valence-corrected chi connectivity index (χ0v) is 24.2. The van der Waals surface area contributed by atoms with Crippen molar-refractivity contribution in [2.45, 2.75) is 18.9 Å². The van der Waals surface area contributed by atoms with Gasteiger partial charge in [0.1, 0.15) is 0 Å². The minimum atomic E-state index is -1.23. The quantitative estimate of drug-likeness (QED) is 0.360. The van der Waals surface area contributed by atoms with Crippen molar-refractivity contribution in [3.8, 4) is 0 Å². The molecule has 2 heterocycles. The standard InChI is InChI=1S/C30H38N6O6/c1-34(2)26(38)17-35(3)29(40)20-5-4-6-22(16-20)36-13-14-42-27(30(36)41)24(18-37)28(39)33-21-7-8-23-19(15-21)9-11-32-12-10-25(23)31/h4-8,15-16,24,27,31-32,37H,9-14,17-18H2,1-3H3,(H,33,39)/t24?,27-/m1/s1. The number of fused-ring (bicyclic) bond motifs is 1. The van der Waals surface area contributed by atoms with Gasteiger partial charge in [-0.25, -0.2) is 0 Å². The Kier molecular flexibility index (Phi) is 10.0. The van der Waals surface area contributed by atoms with E-state index in [1.165, 1.54) is 21.7 Å². The molecule has 0 radical (unpaired) electrons. The Balaban J connectivity index is 1.48. The number of aliphatic hydroxyl groups is 1. The van der Waals surface area contributed by atoms with Gasteiger partial charge in [-0.3, -0.25) is 19.2 Å². The van der Waals surface area contributed by atoms with Gasteiger partial charge in [0.05, 0.1) is 25.7 Å². The summed E-state index contributed by atoms with van der Waals surface area (Å²) >= 11 is 0. The van der Waals surface area contributed by atoms with E-state index < -0.39 is 30.4 Å². The highest BCUT2D eigenvalue weighted by atomic mass is 16.5. The van der Waals surface area contributed by atoms with Gasteiger partial charge in [0, 0.05) is 63.3 Å². The molecule has 2 aromatic rings. The van der Waals surface area contributed by atoms with Crippen molar-refractivity contribution >= 4 is 40.7 Å². The molecule has 0 saturated carbocycles. The van der Waals surface area contributed by atoms with Gasteiger partial charge in [-0.15, -0.1) is 0 Å². The second kappa shape index (κ2) is 13.7. The number of carbonyl (C=O) groups is 4. The number of aliphatic hydroxyl groups excluding tert-OH is 1. The fourth-order valence-electron chi connectivity index (χ4n) is 5.01. The lowest BCUT2D eigenvalue weighted by Crippen LogP contribution is -2.54. The number of morpholine rings is 1. The van der Waals surface area contributed by atoms with Gasteiger partial charge in [0.25, 0.3) is 11.8 Å². The van der Waals surface area contributed by atoms with Gasteiger partial charge in [0.2, 0.25) is 11.8 Å². The molecular weight excluding hydrogens is 540 g/mol. The molecular formula is C30H38N6O6. The van der Waals surface area contributed by atoms with Gasteiger partial charge >= 0.3 is 0 Å². The first-order valence-electron chi connectivity index (χ1n) is 13.9. The average molecular weight is 579 g/mol. The van der Waals surface area contributed by atoms with Gasteiger partial charge in [-0.05, 0) is 54.4 Å². The average Bonchev–Trinajstić information content (AvgIpc) is 2.96. The molecule has 2 aromatic carbocycles. The molecule has 2 atom stereocenters. The molecule has 224 valence electrons. The van der Waals surface area contributed by atoms with Crippen LogP contribution in [0.1, 0.15) is 27.9 Å². The van der Waals surface area contributed by atoms with Crippen LogP contribution in [0.2, 0.25) is 0 Å². The predicted octanol–water partition coefficient (Wildman–Crippen LogP) is 0.729. The summed E-state index contributed by atoms with van der Waals surface area (Å²) in [5.41, 5.74) is 3.58. The summed E-state index contributed by atoms with van der Waals surface area (Å²) < 4.78 is 5.71. The van der Waals surface area contributed by atoms with Crippen molar-refractivity contribution in [1.82, 2.24) is 15.1 Å². The maximum absolute atomic E-state index is 13.6. The van der Waals surface area contributed by atoms with Crippen molar-refractivity contribution in [3.05, 3.63) is 59.2 Å². The summed E-state index contributed by atoms with van der Waals surface area (Å²) in [6.45, 7) is 1.13. The molecule has 4 rings (SSSR count). The van der Waals surface area contributed by atoms with Crippen molar-refractivity contribution in [2.24, 2.45) is 5.92 Å². The van der Waals surface area contributed by atoms with E-state index in [9.17, 15) is 24.3 Å². The fraction of sp³-hybridized carbons (Fsp3) is 0.433. The van der Waals surface area contributed by atoms with E-state index in [0.717, 1.165) is 24.2 Å². The number of amides is 4. The molecule has 12 heteroatoms. The molecule has 12 nitrogen and oxygen atoms in total. The number of nitrogens with one attached hydrogen (secondary N) is 3. The first kappa shape index (κ1) is 30.8. The smallest absolute Gasteiger partial charge is 0.257 e. The summed E-state index contributed by atoms with van der Waals surface area (Å²) in [5.74, 6) is -2.84. The number of likely N-dealkylation sites (N-methyl/N-ethyl adjacent to an activating group) is 2. The fourth-order valence-corrected chi connectivity index (χ4v) is 5.01. The third-order valence-corrected chi connectivity index (χ3v) is 7.46. The lowest BCUT2D eigenvalue weighted by molar-refractivity contribution is -0.145. The highest BCUT2D eigenvalue weighted by Gasteiger charge is 2.40. The number of hydrogen-bond donors (Lipinski definition) is 4. The highest BCUT2D eigenvalue weighted by molar-refractivity contribution is 6.04. The Morgan fingerprint density at radius 1 is 1.14 bits per heavy atom. The number of benzene rings is 2. The lowest BCUT2D eigenvalue weighted by atomic mass is 9.95. The summed E-state index contributed by atoms with van der Waals surface area (Å²) in [7, 11) is 4.76. The van der Waals surface area contributed by atoms with Crippen LogP contribution in [0.25, 0.3) is 0 Å². The zero-order chi connectivity index (χ0) is 30.4. The normalized spacial score (nSPS) is 17.9. The summed E-state index contributed by atoms with van der Waals surface area (Å²) in [6.07, 6.45) is 0.0883. The van der Waals surface area contributed by atoms with Crippen LogP contribution < -0.4 is 15.5 Å². The van der Waals surface area contributed by atoms with Crippen molar-refractivity contribution in [2.75, 3.05) is 70.8 Å². The number of hydrogen-bond acceptors (Lipinski definition) is 8. The van der Waals surface area contributed by atoms with Gasteiger partial charge in [0.15, 0.2) is 6.10 Å². The predicted molar refractivity (Wildman–Crippen MR) is 158 cm³/mol. The summed E-state index contributed by atoms with van der Waals surface area (Å²) in [6, 6.07) is 11.9. The molecule has 0 aliphatic carbocycles. The topological polar surface area (TPSA) is 155 Å². The Hall–Kier alpha value is -4.13. The zero-order valence-electron chi connectivity index (χ0n) is 24.2. The Labute approximate surface area is 245 Å². The van der Waals surface area contributed by atoms with Crippen LogP contribution in [0.5, 0.6) is 0 Å². The van der Waals surface area contributed by atoms with E-state index in [1.54, 1.807) is 44.4 Å². The molecule has 4 amide bonds. The van der Waals surface area contributed by atoms with E-state index in [1.807, 2.05) is 12.1 Å². The third kappa shape index (κ3) is 7.01. The Morgan fingerprint density at radius 2 is 1.90 bits per heavy atom. The Bertz CT molecular complexity index is 1360. The SMILES string of the molecule is CN(C)C(=O)CN(C)C(=O)c1cccc(N2CCO[C@H](C(CO)C(=O)Nc3ccc4c(c3)CCNCCC4=N)C2=O)c1. The second-order valence-electron chi connectivity index (χ2n) is 10.7. The molecule has 4 N–H and O–H groups in total. The van der Waals surface area contributed by atoms with Crippen molar-refractivity contribution < 1.29 is 29.0 Å². The molecule has 0 spiro atoms. The van der Waals surface area contributed by atoms with Crippen LogP contribution in [0.15, 0.2) is 42.5 Å². The largest absolute Gasteiger partial charge is 0.395 e. The minimum Gasteiger partial charge on any atom is -0.395 e. The van der Waals surface area contributed by atoms with E-state index in [2.05, 4.69) is 10.6 Å². The molecule has 1 fully saturated rings. The molecule has 1 saturated heterocycles. The molecule has 2 aliphatic rings. The van der Waals surface area contributed by atoms with Crippen LogP contribution in [-0.4, -0.2) is 111 Å². The second-order valence-corrected chi connectivity index (χ2v) is 10.7. The van der Waals surface area contributed by atoms with Gasteiger partial charge in [-0.1, -0.05) is 12.1 Å². The third-order valence-electron chi connectivity index (χ3n) is 7.46. The number of nitrogens with zero attached hydrogens (tertiary/aromatic N) is 3. The number of anilines is 2. The van der Waals surface area contributed by atoms with Crippen molar-refractivity contribution in [1.29, 1.82) is 5.41 Å². The van der Waals surface area contributed by atoms with E-state index in [0.29, 0.717) is 35.5 Å². The lowest BCUT2D eigenvalue weighted by Gasteiger charge is -2.35. The van der Waals surface area contributed by atoms with Crippen LogP contribution in [0.3, 0.4) is 0 Å². The maximum Gasteiger partial charge on any atom is 0.257 e. The van der Waals surface area contributed by atoms with E-state index >= 15 is 0 Å². The van der Waals surface area contributed by atoms with Gasteiger partial charge < -0.3 is 40.6 Å². The minimum absolute atomic E-state index is 0.0917. The molecule has 0 bridgehead atoms. The first-order valence-corrected chi connectivity index (χ1v) is 13.9. The Morgan fingerprint density at radius 3 is 2.64 bits per heavy atom. The molecule has 42 heavy (non-hydrogen) atoms. The summed E-state index contributed by atoms with van der Waals surface area (Å²) in [5, 5.41) is 24.6. The number of carbonyl (C=O) groups excluding carboxylic acids is 4. The van der Waals surface area contributed by atoms with E-state index in [4.69, 9.17) is 10.1 Å². The van der Waals surface area contributed by atoms with Crippen LogP contribution in [-0.2, 0) is 25.5 Å². The number of rotatable bonds is 8. The molecule has 2 aliphatic heterocycles. The molecule has 0 aromatic heterocycles. The van der Waals surface area contributed by atoms with E-state index in [-0.39, 0.29) is 31.5 Å². The number of ether oxygens (including phenoxy) is 1. The van der Waals surface area contributed by atoms with Crippen LogP contribution >= 0.6 is 0 Å².